The second-order valence-corrected chi connectivity index (χ2v) is 8.10. The van der Waals surface area contributed by atoms with E-state index in [0.29, 0.717) is 0 Å². The number of ether oxygens (including phenoxy) is 8. The molecule has 2 aliphatic rings. The molecular weight excluding hydrogens is 508 g/mol. The lowest BCUT2D eigenvalue weighted by molar-refractivity contribution is -0.362. The van der Waals surface area contributed by atoms with Gasteiger partial charge in [-0.05, 0) is 0 Å². The second-order valence-electron chi connectivity index (χ2n) is 8.10. The summed E-state index contributed by atoms with van der Waals surface area (Å²) in [4.78, 5) is 58.0. The van der Waals surface area contributed by atoms with Gasteiger partial charge in [0.25, 0.3) is 6.47 Å². The Bertz CT molecular complexity index is 831. The van der Waals surface area contributed by atoms with E-state index in [9.17, 15) is 39.3 Å². The summed E-state index contributed by atoms with van der Waals surface area (Å²) in [7, 11) is 0. The molecule has 0 radical (unpaired) electrons. The molecule has 0 spiro atoms. The van der Waals surface area contributed by atoms with Gasteiger partial charge in [0.15, 0.2) is 43.1 Å². The van der Waals surface area contributed by atoms with Gasteiger partial charge in [-0.3, -0.25) is 24.0 Å². The highest BCUT2D eigenvalue weighted by atomic mass is 16.8. The van der Waals surface area contributed by atoms with Crippen molar-refractivity contribution in [3.8, 4) is 0 Å². The van der Waals surface area contributed by atoms with Gasteiger partial charge >= 0.3 is 23.9 Å². The van der Waals surface area contributed by atoms with Gasteiger partial charge in [-0.25, -0.2) is 0 Å². The van der Waals surface area contributed by atoms with Crippen LogP contribution in [0.4, 0.5) is 0 Å². The Morgan fingerprint density at radius 2 is 1.32 bits per heavy atom. The third kappa shape index (κ3) is 8.05. The SMILES string of the molecule is CC(=O)OC[C@H]1O[C@H](O[C@H]2[C@@H](OC(C)=O)[C@H](O)[C@H](CO)O[C@@H]2O)[C@@H](OC(C)=O)[C@@H](OC(C)=O)[C@@H]1OC=O. The quantitative estimate of drug-likeness (QED) is 0.144. The highest BCUT2D eigenvalue weighted by molar-refractivity contribution is 5.68. The fourth-order valence-corrected chi connectivity index (χ4v) is 3.88. The minimum atomic E-state index is -1.91. The van der Waals surface area contributed by atoms with Crippen molar-refractivity contribution in [1.29, 1.82) is 0 Å². The molecule has 2 aliphatic heterocycles. The lowest BCUT2D eigenvalue weighted by atomic mass is 9.96. The van der Waals surface area contributed by atoms with Crippen molar-refractivity contribution in [2.75, 3.05) is 13.2 Å². The third-order valence-electron chi connectivity index (χ3n) is 5.27. The number of carbonyl (C=O) groups is 5. The van der Waals surface area contributed by atoms with Crippen LogP contribution in [-0.2, 0) is 61.9 Å². The van der Waals surface area contributed by atoms with Gasteiger partial charge in [0.1, 0.15) is 24.9 Å². The van der Waals surface area contributed by atoms with Gasteiger partial charge in [0.2, 0.25) is 0 Å². The van der Waals surface area contributed by atoms with Crippen molar-refractivity contribution in [3.05, 3.63) is 0 Å². The molecule has 37 heavy (non-hydrogen) atoms. The molecule has 0 saturated carbocycles. The first-order chi connectivity index (χ1) is 17.4. The Labute approximate surface area is 210 Å². The third-order valence-corrected chi connectivity index (χ3v) is 5.27. The average molecular weight is 538 g/mol. The molecule has 2 fully saturated rings. The summed E-state index contributed by atoms with van der Waals surface area (Å²) in [6.07, 6.45) is -16.0. The van der Waals surface area contributed by atoms with Crippen LogP contribution in [0, 0.1) is 0 Å². The largest absolute Gasteiger partial charge is 0.463 e. The lowest BCUT2D eigenvalue weighted by Crippen LogP contribution is -2.66. The number of aliphatic hydroxyl groups is 3. The molecule has 16 nitrogen and oxygen atoms in total. The summed E-state index contributed by atoms with van der Waals surface area (Å²) in [5.74, 6) is -3.40. The molecule has 210 valence electrons. The number of carbonyl (C=O) groups excluding carboxylic acids is 5. The summed E-state index contributed by atoms with van der Waals surface area (Å²) in [6, 6.07) is 0. The molecule has 10 atom stereocenters. The van der Waals surface area contributed by atoms with Gasteiger partial charge < -0.3 is 53.2 Å². The molecular formula is C21H30O16. The molecule has 0 aromatic rings. The summed E-state index contributed by atoms with van der Waals surface area (Å²) in [5.41, 5.74) is 0. The smallest absolute Gasteiger partial charge is 0.303 e. The Kier molecular flexibility index (Phi) is 11.1. The van der Waals surface area contributed by atoms with Crippen LogP contribution in [0.2, 0.25) is 0 Å². The minimum Gasteiger partial charge on any atom is -0.463 e. The molecule has 2 heterocycles. The molecule has 16 heteroatoms. The fraction of sp³-hybridized carbons (Fsp3) is 0.762. The van der Waals surface area contributed by atoms with E-state index in [-0.39, 0.29) is 6.47 Å². The second kappa shape index (κ2) is 13.6. The zero-order valence-corrected chi connectivity index (χ0v) is 20.4. The maximum absolute atomic E-state index is 11.9. The van der Waals surface area contributed by atoms with Gasteiger partial charge in [-0.1, -0.05) is 0 Å². The van der Waals surface area contributed by atoms with E-state index < -0.39 is 98.5 Å². The summed E-state index contributed by atoms with van der Waals surface area (Å²) >= 11 is 0. The topological polar surface area (TPSA) is 220 Å². The van der Waals surface area contributed by atoms with Crippen molar-refractivity contribution >= 4 is 30.3 Å². The number of hydrogen-bond donors (Lipinski definition) is 3. The van der Waals surface area contributed by atoms with Crippen LogP contribution in [0.5, 0.6) is 0 Å². The van der Waals surface area contributed by atoms with Crippen LogP contribution in [0.25, 0.3) is 0 Å². The predicted molar refractivity (Wildman–Crippen MR) is 112 cm³/mol. The van der Waals surface area contributed by atoms with E-state index in [0.717, 1.165) is 27.7 Å². The summed E-state index contributed by atoms with van der Waals surface area (Å²) in [5, 5.41) is 30.5. The van der Waals surface area contributed by atoms with Gasteiger partial charge in [-0.15, -0.1) is 0 Å². The van der Waals surface area contributed by atoms with Gasteiger partial charge in [-0.2, -0.15) is 0 Å². The first-order valence-corrected chi connectivity index (χ1v) is 11.1. The molecule has 2 rings (SSSR count). The van der Waals surface area contributed by atoms with E-state index in [1.165, 1.54) is 0 Å². The highest BCUT2D eigenvalue weighted by Crippen LogP contribution is 2.33. The summed E-state index contributed by atoms with van der Waals surface area (Å²) in [6.45, 7) is 2.88. The Hall–Kier alpha value is -2.89. The van der Waals surface area contributed by atoms with Crippen molar-refractivity contribution in [1.82, 2.24) is 0 Å². The standard InChI is InChI=1S/C21H30O16/c1-8(24)30-6-13-15(31-7-23)17(33-10(3)26)19(34-11(4)27)21(36-13)37-18-16(32-9(2)25)14(28)12(5-22)35-20(18)29/h7,12-22,28-29H,5-6H2,1-4H3/t12-,13+,14+,15+,16-,17-,18-,19-,20-,21+/m0/s1. The van der Waals surface area contributed by atoms with Crippen LogP contribution in [-0.4, -0.2) is 120 Å². The van der Waals surface area contributed by atoms with E-state index in [1.807, 2.05) is 0 Å². The zero-order chi connectivity index (χ0) is 27.9. The molecule has 2 saturated heterocycles. The van der Waals surface area contributed by atoms with E-state index >= 15 is 0 Å². The maximum atomic E-state index is 11.9. The molecule has 0 bridgehead atoms. The van der Waals surface area contributed by atoms with Crippen molar-refractivity contribution < 1.29 is 77.2 Å². The monoisotopic (exact) mass is 538 g/mol. The van der Waals surface area contributed by atoms with Crippen LogP contribution in [0.15, 0.2) is 0 Å². The Morgan fingerprint density at radius 3 is 1.84 bits per heavy atom. The zero-order valence-electron chi connectivity index (χ0n) is 20.4. The molecule has 0 unspecified atom stereocenters. The molecule has 0 aliphatic carbocycles. The molecule has 0 aromatic carbocycles. The summed E-state index contributed by atoms with van der Waals surface area (Å²) < 4.78 is 42.1. The fourth-order valence-electron chi connectivity index (χ4n) is 3.88. The normalized spacial score (nSPS) is 35.5. The average Bonchev–Trinajstić information content (AvgIpc) is 2.79. The van der Waals surface area contributed by atoms with Gasteiger partial charge in [0.05, 0.1) is 6.61 Å². The first-order valence-electron chi connectivity index (χ1n) is 11.1. The molecule has 3 N–H and O–H groups in total. The highest BCUT2D eigenvalue weighted by Gasteiger charge is 2.55. The van der Waals surface area contributed by atoms with Crippen molar-refractivity contribution in [2.24, 2.45) is 0 Å². The Balaban J connectivity index is 2.48. The number of esters is 4. The lowest BCUT2D eigenvalue weighted by Gasteiger charge is -2.47. The first kappa shape index (κ1) is 30.3. The van der Waals surface area contributed by atoms with Crippen molar-refractivity contribution in [3.63, 3.8) is 0 Å². The number of aliphatic hydroxyl groups excluding tert-OH is 3. The van der Waals surface area contributed by atoms with Crippen LogP contribution < -0.4 is 0 Å². The maximum Gasteiger partial charge on any atom is 0.303 e. The van der Waals surface area contributed by atoms with Crippen LogP contribution >= 0.6 is 0 Å². The minimum absolute atomic E-state index is 0.0121. The van der Waals surface area contributed by atoms with E-state index in [4.69, 9.17) is 37.9 Å². The van der Waals surface area contributed by atoms with Gasteiger partial charge in [0, 0.05) is 27.7 Å². The molecule has 0 aromatic heterocycles. The predicted octanol–water partition coefficient (Wildman–Crippen LogP) is -2.93. The van der Waals surface area contributed by atoms with E-state index in [2.05, 4.69) is 0 Å². The van der Waals surface area contributed by atoms with Crippen LogP contribution in [0.1, 0.15) is 27.7 Å². The Morgan fingerprint density at radius 1 is 0.757 bits per heavy atom. The number of rotatable bonds is 10. The molecule has 0 amide bonds. The number of hydrogen-bond acceptors (Lipinski definition) is 16. The van der Waals surface area contributed by atoms with Crippen molar-refractivity contribution in [2.45, 2.75) is 89.1 Å². The van der Waals surface area contributed by atoms with E-state index in [1.54, 1.807) is 0 Å². The van der Waals surface area contributed by atoms with Crippen LogP contribution in [0.3, 0.4) is 0 Å².